The van der Waals surface area contributed by atoms with Gasteiger partial charge in [-0.1, -0.05) is 23.4 Å². The largest absolute Gasteiger partial charge is 0.398 e. The van der Waals surface area contributed by atoms with Gasteiger partial charge in [-0.3, -0.25) is 0 Å². The molecule has 3 rings (SSSR count). The Kier molecular flexibility index (Phi) is 4.28. The minimum absolute atomic E-state index is 0.472. The third-order valence-corrected chi connectivity index (χ3v) is 3.87. The molecule has 2 heterocycles. The highest BCUT2D eigenvalue weighted by Gasteiger charge is 2.44. The molecule has 0 amide bonds. The first-order valence-electron chi connectivity index (χ1n) is 7.10. The molecule has 0 unspecified atom stereocenters. The van der Waals surface area contributed by atoms with Crippen LogP contribution in [0.5, 0.6) is 0 Å². The van der Waals surface area contributed by atoms with Gasteiger partial charge in [0, 0.05) is 11.3 Å². The van der Waals surface area contributed by atoms with E-state index in [-0.39, 0.29) is 0 Å². The highest BCUT2D eigenvalue weighted by Crippen LogP contribution is 2.29. The zero-order valence-corrected chi connectivity index (χ0v) is 12.1. The van der Waals surface area contributed by atoms with E-state index < -0.39 is 37.3 Å². The van der Waals surface area contributed by atoms with E-state index in [1.54, 1.807) is 24.3 Å². The molecule has 0 aliphatic carbocycles. The van der Waals surface area contributed by atoms with Crippen LogP contribution in [0.4, 0.5) is 5.69 Å². The summed E-state index contributed by atoms with van der Waals surface area (Å²) in [5, 5.41) is 46.8. The Labute approximate surface area is 131 Å². The summed E-state index contributed by atoms with van der Waals surface area (Å²) in [5.41, 5.74) is 7.55. The first-order chi connectivity index (χ1) is 11.0. The fourth-order valence-corrected chi connectivity index (χ4v) is 2.56. The normalized spacial score (nSPS) is 31.2. The minimum atomic E-state index is -1.47. The summed E-state index contributed by atoms with van der Waals surface area (Å²) in [6.07, 6.45) is -4.89. The van der Waals surface area contributed by atoms with Crippen molar-refractivity contribution in [2.45, 2.75) is 30.6 Å². The van der Waals surface area contributed by atoms with Gasteiger partial charge in [0.2, 0.25) is 0 Å². The van der Waals surface area contributed by atoms with Crippen LogP contribution in [0.15, 0.2) is 30.5 Å². The number of nitrogens with zero attached hydrogens (tertiary/aromatic N) is 3. The first-order valence-corrected chi connectivity index (χ1v) is 7.10. The molecule has 9 heteroatoms. The van der Waals surface area contributed by atoms with Gasteiger partial charge in [-0.2, -0.15) is 0 Å². The number of aliphatic hydroxyl groups excluding tert-OH is 4. The van der Waals surface area contributed by atoms with E-state index in [2.05, 4.69) is 10.3 Å². The maximum absolute atomic E-state index is 10.1. The smallest absolute Gasteiger partial charge is 0.180 e. The van der Waals surface area contributed by atoms with E-state index >= 15 is 0 Å². The third-order valence-electron chi connectivity index (χ3n) is 3.87. The van der Waals surface area contributed by atoms with E-state index in [0.29, 0.717) is 16.9 Å². The van der Waals surface area contributed by atoms with Crippen LogP contribution in [0, 0.1) is 0 Å². The molecule has 9 nitrogen and oxygen atoms in total. The lowest BCUT2D eigenvalue weighted by molar-refractivity contribution is -0.254. The van der Waals surface area contributed by atoms with Crippen molar-refractivity contribution >= 4 is 5.69 Å². The summed E-state index contributed by atoms with van der Waals surface area (Å²) in [5.74, 6) is 0. The van der Waals surface area contributed by atoms with E-state index in [1.807, 2.05) is 0 Å². The fourth-order valence-electron chi connectivity index (χ4n) is 2.56. The predicted molar refractivity (Wildman–Crippen MR) is 78.9 cm³/mol. The Morgan fingerprint density at radius 3 is 2.57 bits per heavy atom. The monoisotopic (exact) mass is 322 g/mol. The first kappa shape index (κ1) is 15.8. The number of benzene rings is 1. The second kappa shape index (κ2) is 6.22. The van der Waals surface area contributed by atoms with E-state index in [1.165, 1.54) is 10.9 Å². The molecule has 0 spiro atoms. The topological polar surface area (TPSA) is 147 Å². The molecule has 1 aliphatic rings. The van der Waals surface area contributed by atoms with Crippen LogP contribution in [0.2, 0.25) is 0 Å². The molecule has 0 bridgehead atoms. The molecular formula is C14H18N4O5. The van der Waals surface area contributed by atoms with Crippen molar-refractivity contribution < 1.29 is 25.2 Å². The number of hydrogen-bond donors (Lipinski definition) is 5. The Balaban J connectivity index is 1.89. The van der Waals surface area contributed by atoms with Crippen LogP contribution in [0.1, 0.15) is 6.23 Å². The molecule has 1 fully saturated rings. The maximum atomic E-state index is 10.1. The van der Waals surface area contributed by atoms with Crippen LogP contribution in [-0.2, 0) is 4.74 Å². The van der Waals surface area contributed by atoms with Crippen molar-refractivity contribution in [2.24, 2.45) is 0 Å². The highest BCUT2D eigenvalue weighted by atomic mass is 16.6. The van der Waals surface area contributed by atoms with Crippen molar-refractivity contribution in [3.8, 4) is 11.3 Å². The van der Waals surface area contributed by atoms with Gasteiger partial charge in [0.05, 0.1) is 12.8 Å². The third kappa shape index (κ3) is 2.80. The minimum Gasteiger partial charge on any atom is -0.398 e. The van der Waals surface area contributed by atoms with Crippen LogP contribution >= 0.6 is 0 Å². The molecule has 1 aliphatic heterocycles. The average Bonchev–Trinajstić information content (AvgIpc) is 3.03. The summed E-state index contributed by atoms with van der Waals surface area (Å²) in [6, 6.07) is 7.10. The van der Waals surface area contributed by atoms with E-state index in [0.717, 1.165) is 0 Å². The van der Waals surface area contributed by atoms with Crippen molar-refractivity contribution in [1.29, 1.82) is 0 Å². The molecule has 23 heavy (non-hydrogen) atoms. The van der Waals surface area contributed by atoms with Crippen molar-refractivity contribution in [3.63, 3.8) is 0 Å². The maximum Gasteiger partial charge on any atom is 0.180 e. The number of aliphatic hydroxyl groups is 4. The number of para-hydroxylation sites is 1. The molecule has 5 atom stereocenters. The van der Waals surface area contributed by atoms with Crippen molar-refractivity contribution in [2.75, 3.05) is 12.3 Å². The molecule has 1 saturated heterocycles. The molecule has 0 radical (unpaired) electrons. The summed E-state index contributed by atoms with van der Waals surface area (Å²) < 4.78 is 6.64. The number of nitrogens with two attached hydrogens (primary N) is 1. The van der Waals surface area contributed by atoms with Gasteiger partial charge in [0.1, 0.15) is 30.1 Å². The number of hydrogen-bond acceptors (Lipinski definition) is 8. The molecule has 1 aromatic carbocycles. The van der Waals surface area contributed by atoms with Crippen LogP contribution in [0.25, 0.3) is 11.3 Å². The number of aromatic nitrogens is 3. The molecule has 0 saturated carbocycles. The number of ether oxygens (including phenoxy) is 1. The fraction of sp³-hybridized carbons (Fsp3) is 0.429. The molecule has 2 aromatic rings. The van der Waals surface area contributed by atoms with Gasteiger partial charge < -0.3 is 30.9 Å². The summed E-state index contributed by atoms with van der Waals surface area (Å²) in [6.45, 7) is -0.505. The number of rotatable bonds is 3. The van der Waals surface area contributed by atoms with Gasteiger partial charge in [-0.15, -0.1) is 5.10 Å². The van der Waals surface area contributed by atoms with Gasteiger partial charge in [0.25, 0.3) is 0 Å². The van der Waals surface area contributed by atoms with Crippen molar-refractivity contribution in [3.05, 3.63) is 30.5 Å². The molecular weight excluding hydrogens is 304 g/mol. The molecule has 6 N–H and O–H groups in total. The second-order valence-corrected chi connectivity index (χ2v) is 5.39. The summed E-state index contributed by atoms with van der Waals surface area (Å²) >= 11 is 0. The Bertz CT molecular complexity index is 677. The molecule has 124 valence electrons. The highest BCUT2D eigenvalue weighted by molar-refractivity contribution is 5.72. The zero-order valence-electron chi connectivity index (χ0n) is 12.1. The van der Waals surface area contributed by atoms with Crippen LogP contribution in [0.3, 0.4) is 0 Å². The number of anilines is 1. The second-order valence-electron chi connectivity index (χ2n) is 5.39. The zero-order chi connectivity index (χ0) is 16.6. The average molecular weight is 322 g/mol. The lowest BCUT2D eigenvalue weighted by Gasteiger charge is -2.39. The van der Waals surface area contributed by atoms with E-state index in [4.69, 9.17) is 10.5 Å². The molecule has 1 aromatic heterocycles. The summed E-state index contributed by atoms with van der Waals surface area (Å²) in [4.78, 5) is 0. The van der Waals surface area contributed by atoms with Gasteiger partial charge in [-0.25, -0.2) is 4.68 Å². The SMILES string of the molecule is Nc1ccccc1-c1cn([C@@H]2O[C@H](CO)[C@H](O)[C@H](O)[C@H]2O)nn1. The van der Waals surface area contributed by atoms with Gasteiger partial charge in [-0.05, 0) is 6.07 Å². The Hall–Kier alpha value is -2.04. The lowest BCUT2D eigenvalue weighted by Crippen LogP contribution is -2.56. The Morgan fingerprint density at radius 2 is 1.87 bits per heavy atom. The van der Waals surface area contributed by atoms with Gasteiger partial charge in [0.15, 0.2) is 6.23 Å². The standard InChI is InChI=1S/C14H18N4O5/c15-8-4-2-1-3-7(8)9-5-18(17-16-9)14-13(22)12(21)11(20)10(6-19)23-14/h1-5,10-14,19-22H,6,15H2/t10-,11+,12+,13-,14-/m1/s1. The number of nitrogen functional groups attached to an aromatic ring is 1. The van der Waals surface area contributed by atoms with Crippen LogP contribution < -0.4 is 5.73 Å². The lowest BCUT2D eigenvalue weighted by atomic mass is 9.98. The quantitative estimate of drug-likeness (QED) is 0.429. The Morgan fingerprint density at radius 1 is 1.13 bits per heavy atom. The predicted octanol–water partition coefficient (Wildman–Crippen LogP) is -1.50. The van der Waals surface area contributed by atoms with Crippen molar-refractivity contribution in [1.82, 2.24) is 15.0 Å². The van der Waals surface area contributed by atoms with E-state index in [9.17, 15) is 20.4 Å². The van der Waals surface area contributed by atoms with Gasteiger partial charge >= 0.3 is 0 Å². The summed E-state index contributed by atoms with van der Waals surface area (Å²) in [7, 11) is 0. The van der Waals surface area contributed by atoms with Crippen LogP contribution in [-0.4, -0.2) is 66.4 Å².